The van der Waals surface area contributed by atoms with Crippen LogP contribution in [0.15, 0.2) is 0 Å². The van der Waals surface area contributed by atoms with E-state index >= 15 is 0 Å². The van der Waals surface area contributed by atoms with Crippen molar-refractivity contribution in [3.8, 4) is 0 Å². The van der Waals surface area contributed by atoms with E-state index < -0.39 is 0 Å². The fourth-order valence-electron chi connectivity index (χ4n) is 0.369. The van der Waals surface area contributed by atoms with Gasteiger partial charge in [-0.3, -0.25) is 4.79 Å². The normalized spacial score (nSPS) is 10.0. The molecule has 4 heteroatoms. The smallest absolute Gasteiger partial charge is 0.317 e. The number of halogens is 1. The first-order chi connectivity index (χ1) is 3.95. The van der Waals surface area contributed by atoms with E-state index in [2.05, 4.69) is 15.9 Å². The van der Waals surface area contributed by atoms with Crippen LogP contribution in [0, 0.1) is 0 Å². The second-order valence-electron chi connectivity index (χ2n) is 2.72. The Kier molecular flexibility index (Phi) is 5.89. The third kappa shape index (κ3) is 7.91. The summed E-state index contributed by atoms with van der Waals surface area (Å²) in [6, 6.07) is 0. The first-order valence-corrected chi connectivity index (χ1v) is 3.85. The van der Waals surface area contributed by atoms with Gasteiger partial charge in [-0.05, 0) is 20.8 Å². The molecule has 0 saturated carbocycles. The van der Waals surface area contributed by atoms with E-state index in [0.29, 0.717) is 0 Å². The molecule has 0 aromatic carbocycles. The average Bonchev–Trinajstić information content (AvgIpc) is 1.62. The maximum absolute atomic E-state index is 10.6. The molecule has 0 fully saturated rings. The zero-order valence-corrected chi connectivity index (χ0v) is 8.19. The van der Waals surface area contributed by atoms with Crippen molar-refractivity contribution in [1.82, 2.24) is 6.15 Å². The van der Waals surface area contributed by atoms with E-state index in [0.717, 1.165) is 0 Å². The summed E-state index contributed by atoms with van der Waals surface area (Å²) in [6.45, 7) is 5.52. The first-order valence-electron chi connectivity index (χ1n) is 2.73. The third-order valence-electron chi connectivity index (χ3n) is 0.529. The molecule has 3 N–H and O–H groups in total. The fraction of sp³-hybridized carbons (Fsp3) is 0.833. The Balaban J connectivity index is 0. The molecule has 0 unspecified atom stereocenters. The van der Waals surface area contributed by atoms with Gasteiger partial charge in [0.15, 0.2) is 0 Å². The van der Waals surface area contributed by atoms with Crippen LogP contribution in [0.2, 0.25) is 0 Å². The van der Waals surface area contributed by atoms with E-state index in [1.54, 1.807) is 0 Å². The Bertz CT molecular complexity index is 109. The van der Waals surface area contributed by atoms with Gasteiger partial charge in [0.1, 0.15) is 10.9 Å². The summed E-state index contributed by atoms with van der Waals surface area (Å²) in [5, 5.41) is 0.268. The highest BCUT2D eigenvalue weighted by atomic mass is 79.9. The van der Waals surface area contributed by atoms with Crippen molar-refractivity contribution in [3.63, 3.8) is 0 Å². The average molecular weight is 212 g/mol. The number of carbonyl (C=O) groups is 1. The van der Waals surface area contributed by atoms with Crippen LogP contribution in [0.4, 0.5) is 0 Å². The van der Waals surface area contributed by atoms with Crippen LogP contribution in [0.5, 0.6) is 0 Å². The highest BCUT2D eigenvalue weighted by Crippen LogP contribution is 2.07. The van der Waals surface area contributed by atoms with E-state index in [4.69, 9.17) is 4.74 Å². The molecular weight excluding hydrogens is 198 g/mol. The van der Waals surface area contributed by atoms with Gasteiger partial charge in [0.05, 0.1) is 0 Å². The molecule has 0 aliphatic rings. The molecule has 0 aliphatic heterocycles. The van der Waals surface area contributed by atoms with Gasteiger partial charge in [0, 0.05) is 0 Å². The Labute approximate surface area is 69.8 Å². The third-order valence-corrected chi connectivity index (χ3v) is 0.987. The van der Waals surface area contributed by atoms with Crippen molar-refractivity contribution in [2.45, 2.75) is 26.4 Å². The number of carbonyl (C=O) groups excluding carboxylic acids is 1. The predicted molar refractivity (Wildman–Crippen MR) is 44.7 cm³/mol. The maximum atomic E-state index is 10.6. The molecule has 62 valence electrons. The minimum Gasteiger partial charge on any atom is -0.459 e. The molecule has 0 heterocycles. The molecule has 10 heavy (non-hydrogen) atoms. The Morgan fingerprint density at radius 3 is 2.00 bits per heavy atom. The second kappa shape index (κ2) is 4.68. The lowest BCUT2D eigenvalue weighted by Gasteiger charge is -2.18. The molecule has 0 amide bonds. The van der Waals surface area contributed by atoms with Crippen molar-refractivity contribution >= 4 is 21.9 Å². The van der Waals surface area contributed by atoms with Crippen LogP contribution >= 0.6 is 15.9 Å². The number of alkyl halides is 1. The molecule has 0 spiro atoms. The first kappa shape index (κ1) is 12.6. The van der Waals surface area contributed by atoms with Gasteiger partial charge < -0.3 is 10.9 Å². The standard InChI is InChI=1S/C6H11BrO2.H3N/c1-6(2,3)9-5(8)4-7;/h4H2,1-3H3;1H3. The van der Waals surface area contributed by atoms with Crippen LogP contribution in [0.25, 0.3) is 0 Å². The molecule has 0 bridgehead atoms. The lowest BCUT2D eigenvalue weighted by atomic mass is 10.2. The number of hydrogen-bond acceptors (Lipinski definition) is 3. The van der Waals surface area contributed by atoms with Crippen LogP contribution in [-0.4, -0.2) is 16.9 Å². The van der Waals surface area contributed by atoms with E-state index in [1.807, 2.05) is 20.8 Å². The molecule has 0 aliphatic carbocycles. The monoisotopic (exact) mass is 211 g/mol. The van der Waals surface area contributed by atoms with Crippen LogP contribution in [0.3, 0.4) is 0 Å². The highest BCUT2D eigenvalue weighted by molar-refractivity contribution is 9.09. The Morgan fingerprint density at radius 2 is 1.90 bits per heavy atom. The zero-order valence-electron chi connectivity index (χ0n) is 6.61. The fourth-order valence-corrected chi connectivity index (χ4v) is 0.483. The zero-order chi connectivity index (χ0) is 7.49. The van der Waals surface area contributed by atoms with Crippen LogP contribution < -0.4 is 6.15 Å². The number of hydrogen-bond donors (Lipinski definition) is 1. The van der Waals surface area contributed by atoms with E-state index in [9.17, 15) is 4.79 Å². The van der Waals surface area contributed by atoms with Crippen molar-refractivity contribution < 1.29 is 9.53 Å². The van der Waals surface area contributed by atoms with Gasteiger partial charge in [-0.25, -0.2) is 0 Å². The van der Waals surface area contributed by atoms with Gasteiger partial charge in [-0.1, -0.05) is 15.9 Å². The van der Waals surface area contributed by atoms with E-state index in [-0.39, 0.29) is 23.1 Å². The molecule has 0 saturated heterocycles. The maximum Gasteiger partial charge on any atom is 0.317 e. The number of ether oxygens (including phenoxy) is 1. The summed E-state index contributed by atoms with van der Waals surface area (Å²) in [7, 11) is 0. The minimum absolute atomic E-state index is 0. The molecule has 3 nitrogen and oxygen atoms in total. The van der Waals surface area contributed by atoms with Crippen molar-refractivity contribution in [2.75, 3.05) is 5.33 Å². The van der Waals surface area contributed by atoms with Crippen molar-refractivity contribution in [1.29, 1.82) is 0 Å². The van der Waals surface area contributed by atoms with Gasteiger partial charge in [0.2, 0.25) is 0 Å². The molecular formula is C6H14BrNO2. The SMILES string of the molecule is CC(C)(C)OC(=O)CBr.N. The lowest BCUT2D eigenvalue weighted by molar-refractivity contribution is -0.151. The molecule has 0 rings (SSSR count). The topological polar surface area (TPSA) is 61.3 Å². The number of rotatable bonds is 1. The molecule has 0 aromatic heterocycles. The summed E-state index contributed by atoms with van der Waals surface area (Å²) in [6.07, 6.45) is 0. The largest absolute Gasteiger partial charge is 0.459 e. The summed E-state index contributed by atoms with van der Waals surface area (Å²) in [5.74, 6) is -0.220. The Hall–Kier alpha value is -0.0900. The van der Waals surface area contributed by atoms with Gasteiger partial charge in [0.25, 0.3) is 0 Å². The summed E-state index contributed by atoms with van der Waals surface area (Å²) in [5.41, 5.74) is -0.356. The summed E-state index contributed by atoms with van der Waals surface area (Å²) >= 11 is 2.99. The molecule has 0 radical (unpaired) electrons. The minimum atomic E-state index is -0.356. The molecule has 0 atom stereocenters. The van der Waals surface area contributed by atoms with Crippen LogP contribution in [-0.2, 0) is 9.53 Å². The second-order valence-corrected chi connectivity index (χ2v) is 3.28. The predicted octanol–water partition coefficient (Wildman–Crippen LogP) is 1.88. The van der Waals surface area contributed by atoms with Gasteiger partial charge >= 0.3 is 5.97 Å². The Morgan fingerprint density at radius 1 is 1.50 bits per heavy atom. The van der Waals surface area contributed by atoms with E-state index in [1.165, 1.54) is 0 Å². The van der Waals surface area contributed by atoms with Crippen molar-refractivity contribution in [3.05, 3.63) is 0 Å². The van der Waals surface area contributed by atoms with Crippen LogP contribution in [0.1, 0.15) is 20.8 Å². The summed E-state index contributed by atoms with van der Waals surface area (Å²) < 4.78 is 4.90. The number of esters is 1. The van der Waals surface area contributed by atoms with Gasteiger partial charge in [-0.2, -0.15) is 0 Å². The lowest BCUT2D eigenvalue weighted by Crippen LogP contribution is -2.24. The van der Waals surface area contributed by atoms with Crippen molar-refractivity contribution in [2.24, 2.45) is 0 Å². The highest BCUT2D eigenvalue weighted by Gasteiger charge is 2.14. The quantitative estimate of drug-likeness (QED) is 0.533. The van der Waals surface area contributed by atoms with Gasteiger partial charge in [-0.15, -0.1) is 0 Å². The summed E-state index contributed by atoms with van der Waals surface area (Å²) in [4.78, 5) is 10.6. The molecule has 0 aromatic rings.